The van der Waals surface area contributed by atoms with E-state index in [1.807, 2.05) is 0 Å². The van der Waals surface area contributed by atoms with Crippen molar-refractivity contribution in [3.05, 3.63) is 29.0 Å². The number of primary amides is 1. The van der Waals surface area contributed by atoms with Gasteiger partial charge in [-0.1, -0.05) is 11.6 Å². The molecule has 8 heteroatoms. The van der Waals surface area contributed by atoms with Gasteiger partial charge in [0.2, 0.25) is 5.91 Å². The van der Waals surface area contributed by atoms with Crippen molar-refractivity contribution < 1.29 is 19.1 Å². The number of carbonyl (C=O) groups is 3. The van der Waals surface area contributed by atoms with Gasteiger partial charge in [0.1, 0.15) is 11.2 Å². The standard InChI is InChI=1S/C14H16ClN3O4/c15-11-5-4-9(7-17-11)14(21)22-8-12(19)18-6-2-1-3-10(18)13(16)20/h4-5,7,10H,1-3,6,8H2,(H2,16,20)/t10-/m0/s1. The van der Waals surface area contributed by atoms with Gasteiger partial charge in [-0.25, -0.2) is 9.78 Å². The second-order valence-electron chi connectivity index (χ2n) is 4.95. The quantitative estimate of drug-likeness (QED) is 0.650. The van der Waals surface area contributed by atoms with Gasteiger partial charge < -0.3 is 15.4 Å². The van der Waals surface area contributed by atoms with Crippen LogP contribution in [0.15, 0.2) is 18.3 Å². The van der Waals surface area contributed by atoms with Crippen LogP contribution in [0, 0.1) is 0 Å². The molecule has 0 spiro atoms. The monoisotopic (exact) mass is 325 g/mol. The molecule has 1 aliphatic heterocycles. The van der Waals surface area contributed by atoms with Crippen LogP contribution in [0.5, 0.6) is 0 Å². The molecule has 1 aliphatic rings. The zero-order valence-corrected chi connectivity index (χ0v) is 12.6. The Bertz CT molecular complexity index is 576. The molecule has 0 aromatic carbocycles. The Hall–Kier alpha value is -2.15. The Morgan fingerprint density at radius 1 is 1.36 bits per heavy atom. The highest BCUT2D eigenvalue weighted by Crippen LogP contribution is 2.17. The van der Waals surface area contributed by atoms with Crippen LogP contribution < -0.4 is 5.73 Å². The zero-order valence-electron chi connectivity index (χ0n) is 11.8. The summed E-state index contributed by atoms with van der Waals surface area (Å²) in [4.78, 5) is 40.4. The van der Waals surface area contributed by atoms with Crippen LogP contribution in [0.3, 0.4) is 0 Å². The normalized spacial score (nSPS) is 17.9. The molecule has 22 heavy (non-hydrogen) atoms. The molecule has 2 heterocycles. The average molecular weight is 326 g/mol. The summed E-state index contributed by atoms with van der Waals surface area (Å²) in [5.41, 5.74) is 5.49. The van der Waals surface area contributed by atoms with Gasteiger partial charge in [-0.05, 0) is 31.4 Å². The molecule has 2 amide bonds. The Kier molecular flexibility index (Phi) is 5.32. The van der Waals surface area contributed by atoms with E-state index < -0.39 is 30.4 Å². The number of piperidine rings is 1. The van der Waals surface area contributed by atoms with Crippen molar-refractivity contribution in [1.29, 1.82) is 0 Å². The number of rotatable bonds is 4. The van der Waals surface area contributed by atoms with Gasteiger partial charge in [0.05, 0.1) is 5.56 Å². The molecule has 118 valence electrons. The van der Waals surface area contributed by atoms with Crippen molar-refractivity contribution in [1.82, 2.24) is 9.88 Å². The lowest BCUT2D eigenvalue weighted by atomic mass is 10.0. The molecule has 0 unspecified atom stereocenters. The van der Waals surface area contributed by atoms with Crippen molar-refractivity contribution in [3.8, 4) is 0 Å². The number of carbonyl (C=O) groups excluding carboxylic acids is 3. The first-order valence-electron chi connectivity index (χ1n) is 6.86. The molecule has 0 bridgehead atoms. The lowest BCUT2D eigenvalue weighted by Gasteiger charge is -2.33. The second-order valence-corrected chi connectivity index (χ2v) is 5.33. The summed E-state index contributed by atoms with van der Waals surface area (Å²) >= 11 is 5.62. The van der Waals surface area contributed by atoms with Crippen molar-refractivity contribution in [2.24, 2.45) is 5.73 Å². The molecule has 1 saturated heterocycles. The number of nitrogens with two attached hydrogens (primary N) is 1. The summed E-state index contributed by atoms with van der Waals surface area (Å²) in [5, 5.41) is 0.255. The number of pyridine rings is 1. The van der Waals surface area contributed by atoms with Gasteiger partial charge in [0, 0.05) is 12.7 Å². The lowest BCUT2D eigenvalue weighted by molar-refractivity contribution is -0.143. The molecule has 2 rings (SSSR count). The predicted octanol–water partition coefficient (Wildman–Crippen LogP) is 0.758. The van der Waals surface area contributed by atoms with Gasteiger partial charge >= 0.3 is 5.97 Å². The Morgan fingerprint density at radius 3 is 2.77 bits per heavy atom. The minimum Gasteiger partial charge on any atom is -0.452 e. The number of ether oxygens (including phenoxy) is 1. The second kappa shape index (κ2) is 7.22. The predicted molar refractivity (Wildman–Crippen MR) is 78.1 cm³/mol. The maximum atomic E-state index is 12.1. The number of hydrogen-bond acceptors (Lipinski definition) is 5. The van der Waals surface area contributed by atoms with Crippen LogP contribution >= 0.6 is 11.6 Å². The third-order valence-corrected chi connectivity index (χ3v) is 3.66. The Labute approximate surface area is 132 Å². The first kappa shape index (κ1) is 16.2. The summed E-state index contributed by atoms with van der Waals surface area (Å²) in [5.74, 6) is -1.65. The fourth-order valence-corrected chi connectivity index (χ4v) is 2.43. The topological polar surface area (TPSA) is 103 Å². The van der Waals surface area contributed by atoms with Crippen LogP contribution in [0.2, 0.25) is 5.15 Å². The number of likely N-dealkylation sites (tertiary alicyclic amines) is 1. The molecule has 0 saturated carbocycles. The van der Waals surface area contributed by atoms with E-state index in [2.05, 4.69) is 4.98 Å². The summed E-state index contributed by atoms with van der Waals surface area (Å²) in [7, 11) is 0. The molecule has 1 fully saturated rings. The molecule has 1 aromatic heterocycles. The van der Waals surface area contributed by atoms with Crippen LogP contribution in [0.1, 0.15) is 29.6 Å². The number of amides is 2. The minimum atomic E-state index is -0.676. The van der Waals surface area contributed by atoms with Crippen LogP contribution in [0.25, 0.3) is 0 Å². The van der Waals surface area contributed by atoms with E-state index in [4.69, 9.17) is 22.1 Å². The van der Waals surface area contributed by atoms with Gasteiger partial charge in [0.25, 0.3) is 5.91 Å². The summed E-state index contributed by atoms with van der Waals surface area (Å²) in [6, 6.07) is 2.28. The summed E-state index contributed by atoms with van der Waals surface area (Å²) in [6.07, 6.45) is 3.44. The van der Waals surface area contributed by atoms with Gasteiger partial charge in [-0.3, -0.25) is 9.59 Å². The zero-order chi connectivity index (χ0) is 16.1. The molecular formula is C14H16ClN3O4. The fraction of sp³-hybridized carbons (Fsp3) is 0.429. The van der Waals surface area contributed by atoms with Gasteiger partial charge in [-0.15, -0.1) is 0 Å². The number of hydrogen-bond donors (Lipinski definition) is 1. The minimum absolute atomic E-state index is 0.197. The third kappa shape index (κ3) is 3.94. The van der Waals surface area contributed by atoms with E-state index in [0.29, 0.717) is 13.0 Å². The highest BCUT2D eigenvalue weighted by atomic mass is 35.5. The van der Waals surface area contributed by atoms with E-state index in [-0.39, 0.29) is 10.7 Å². The molecule has 1 atom stereocenters. The number of aromatic nitrogens is 1. The number of esters is 1. The molecule has 0 aliphatic carbocycles. The average Bonchev–Trinajstić information content (AvgIpc) is 2.53. The van der Waals surface area contributed by atoms with Gasteiger partial charge in [-0.2, -0.15) is 0 Å². The Balaban J connectivity index is 1.92. The van der Waals surface area contributed by atoms with Crippen LogP contribution in [-0.4, -0.2) is 46.9 Å². The number of nitrogens with zero attached hydrogens (tertiary/aromatic N) is 2. The third-order valence-electron chi connectivity index (χ3n) is 3.44. The van der Waals surface area contributed by atoms with Crippen molar-refractivity contribution >= 4 is 29.4 Å². The largest absolute Gasteiger partial charge is 0.452 e. The lowest BCUT2D eigenvalue weighted by Crippen LogP contribution is -2.51. The first-order chi connectivity index (χ1) is 10.5. The van der Waals surface area contributed by atoms with E-state index in [1.54, 1.807) is 0 Å². The highest BCUT2D eigenvalue weighted by molar-refractivity contribution is 6.29. The van der Waals surface area contributed by atoms with E-state index in [0.717, 1.165) is 12.8 Å². The van der Waals surface area contributed by atoms with Crippen LogP contribution in [0.4, 0.5) is 0 Å². The molecule has 1 aromatic rings. The molecule has 7 nitrogen and oxygen atoms in total. The van der Waals surface area contributed by atoms with E-state index in [9.17, 15) is 14.4 Å². The first-order valence-corrected chi connectivity index (χ1v) is 7.24. The van der Waals surface area contributed by atoms with Crippen molar-refractivity contribution in [3.63, 3.8) is 0 Å². The van der Waals surface area contributed by atoms with E-state index >= 15 is 0 Å². The fourth-order valence-electron chi connectivity index (χ4n) is 2.32. The number of halogens is 1. The molecule has 2 N–H and O–H groups in total. The molecular weight excluding hydrogens is 310 g/mol. The summed E-state index contributed by atoms with van der Waals surface area (Å²) < 4.78 is 4.95. The van der Waals surface area contributed by atoms with Crippen molar-refractivity contribution in [2.75, 3.05) is 13.2 Å². The smallest absolute Gasteiger partial charge is 0.340 e. The SMILES string of the molecule is NC(=O)[C@@H]1CCCCN1C(=O)COC(=O)c1ccc(Cl)nc1. The Morgan fingerprint density at radius 2 is 2.14 bits per heavy atom. The maximum Gasteiger partial charge on any atom is 0.340 e. The maximum absolute atomic E-state index is 12.1. The summed E-state index contributed by atoms with van der Waals surface area (Å²) in [6.45, 7) is -0.00225. The molecule has 0 radical (unpaired) electrons. The van der Waals surface area contributed by atoms with Crippen LogP contribution in [-0.2, 0) is 14.3 Å². The van der Waals surface area contributed by atoms with Crippen molar-refractivity contribution in [2.45, 2.75) is 25.3 Å². The highest BCUT2D eigenvalue weighted by Gasteiger charge is 2.31. The van der Waals surface area contributed by atoms with Gasteiger partial charge in [0.15, 0.2) is 6.61 Å². The van der Waals surface area contributed by atoms with E-state index in [1.165, 1.54) is 23.2 Å².